The number of hydrogen-bond donors (Lipinski definition) is 0. The van der Waals surface area contributed by atoms with Gasteiger partial charge in [-0.2, -0.15) is 0 Å². The largest absolute Gasteiger partial charge is 0.354 e. The third-order valence-electron chi connectivity index (χ3n) is 4.80. The van der Waals surface area contributed by atoms with E-state index >= 15 is 0 Å². The van der Waals surface area contributed by atoms with Gasteiger partial charge in [-0.15, -0.1) is 0 Å². The number of nitrogens with zero attached hydrogens (tertiary/aromatic N) is 3. The van der Waals surface area contributed by atoms with E-state index in [1.807, 2.05) is 0 Å². The third-order valence-corrected chi connectivity index (χ3v) is 4.80. The van der Waals surface area contributed by atoms with Crippen LogP contribution in [0.2, 0.25) is 0 Å². The second-order valence-electron chi connectivity index (χ2n) is 7.85. The molecule has 2 heterocycles. The Morgan fingerprint density at radius 3 is 2.33 bits per heavy atom. The maximum Gasteiger partial charge on any atom is 0.131 e. The summed E-state index contributed by atoms with van der Waals surface area (Å²) in [5.74, 6) is 2.19. The van der Waals surface area contributed by atoms with Crippen LogP contribution in [0.5, 0.6) is 0 Å². The van der Waals surface area contributed by atoms with Crippen molar-refractivity contribution >= 4 is 5.82 Å². The molecule has 1 aromatic rings. The zero-order valence-corrected chi connectivity index (χ0v) is 14.0. The first-order valence-electron chi connectivity index (χ1n) is 8.38. The summed E-state index contributed by atoms with van der Waals surface area (Å²) in [7, 11) is 0. The Balaban J connectivity index is 1.64. The molecule has 0 unspecified atom stereocenters. The molecular weight excluding hydrogens is 258 g/mol. The third kappa shape index (κ3) is 3.57. The number of aromatic nitrogens is 1. The molecule has 2 fully saturated rings. The van der Waals surface area contributed by atoms with Crippen LogP contribution < -0.4 is 4.90 Å². The molecule has 1 saturated heterocycles. The van der Waals surface area contributed by atoms with E-state index in [0.29, 0.717) is 0 Å². The fourth-order valence-corrected chi connectivity index (χ4v) is 3.12. The second kappa shape index (κ2) is 5.60. The summed E-state index contributed by atoms with van der Waals surface area (Å²) in [4.78, 5) is 9.87. The molecular formula is C18H29N3. The first kappa shape index (κ1) is 14.8. The quantitative estimate of drug-likeness (QED) is 0.851. The lowest BCUT2D eigenvalue weighted by Crippen LogP contribution is -2.47. The number of hydrogen-bond acceptors (Lipinski definition) is 3. The van der Waals surface area contributed by atoms with Gasteiger partial charge in [0.05, 0.1) is 0 Å². The molecule has 0 N–H and O–H groups in total. The molecule has 1 aliphatic carbocycles. The lowest BCUT2D eigenvalue weighted by atomic mass is 9.87. The molecule has 116 valence electrons. The van der Waals surface area contributed by atoms with Crippen LogP contribution in [0.15, 0.2) is 12.3 Å². The summed E-state index contributed by atoms with van der Waals surface area (Å²) in [6, 6.07) is 2.32. The van der Waals surface area contributed by atoms with Gasteiger partial charge in [-0.05, 0) is 42.2 Å². The Morgan fingerprint density at radius 2 is 1.81 bits per heavy atom. The molecule has 1 aliphatic heterocycles. The normalized spacial score (nSPS) is 20.9. The Labute approximate surface area is 129 Å². The van der Waals surface area contributed by atoms with Crippen LogP contribution in [0.4, 0.5) is 5.82 Å². The van der Waals surface area contributed by atoms with Crippen molar-refractivity contribution in [1.82, 2.24) is 9.88 Å². The fourth-order valence-electron chi connectivity index (χ4n) is 3.12. The lowest BCUT2D eigenvalue weighted by Gasteiger charge is -2.36. The van der Waals surface area contributed by atoms with E-state index in [1.54, 1.807) is 0 Å². The minimum Gasteiger partial charge on any atom is -0.354 e. The maximum absolute atomic E-state index is 4.77. The number of piperazine rings is 1. The molecule has 1 aromatic heterocycles. The van der Waals surface area contributed by atoms with E-state index in [9.17, 15) is 0 Å². The highest BCUT2D eigenvalue weighted by atomic mass is 15.3. The molecule has 1 saturated carbocycles. The van der Waals surface area contributed by atoms with Gasteiger partial charge in [0.1, 0.15) is 5.82 Å². The monoisotopic (exact) mass is 287 g/mol. The Morgan fingerprint density at radius 1 is 1.14 bits per heavy atom. The first-order chi connectivity index (χ1) is 9.93. The molecule has 0 bridgehead atoms. The summed E-state index contributed by atoms with van der Waals surface area (Å²) in [5, 5.41) is 0. The molecule has 3 heteroatoms. The van der Waals surface area contributed by atoms with Gasteiger partial charge in [0.15, 0.2) is 0 Å². The molecule has 0 radical (unpaired) electrons. The van der Waals surface area contributed by atoms with Crippen LogP contribution in [0.25, 0.3) is 0 Å². The molecule has 2 aliphatic rings. The standard InChI is InChI=1S/C18H29N3/c1-14-11-16(18(2,3)4)12-19-17(14)21-9-7-20(8-10-21)13-15-5-6-15/h11-12,15H,5-10,13H2,1-4H3. The molecule has 0 amide bonds. The van der Waals surface area contributed by atoms with E-state index < -0.39 is 0 Å². The summed E-state index contributed by atoms with van der Waals surface area (Å²) in [6.07, 6.45) is 4.98. The second-order valence-corrected chi connectivity index (χ2v) is 7.85. The van der Waals surface area contributed by atoms with E-state index in [1.165, 1.54) is 49.4 Å². The van der Waals surface area contributed by atoms with Crippen LogP contribution in [0, 0.1) is 12.8 Å². The lowest BCUT2D eigenvalue weighted by molar-refractivity contribution is 0.247. The molecule has 3 rings (SSSR count). The number of anilines is 1. The van der Waals surface area contributed by atoms with Crippen LogP contribution in [-0.4, -0.2) is 42.6 Å². The van der Waals surface area contributed by atoms with Gasteiger partial charge in [-0.1, -0.05) is 26.8 Å². The molecule has 3 nitrogen and oxygen atoms in total. The summed E-state index contributed by atoms with van der Waals surface area (Å²) in [5.41, 5.74) is 2.83. The van der Waals surface area contributed by atoms with Crippen LogP contribution in [0.1, 0.15) is 44.7 Å². The van der Waals surface area contributed by atoms with Gasteiger partial charge in [-0.3, -0.25) is 4.90 Å². The van der Waals surface area contributed by atoms with Gasteiger partial charge < -0.3 is 4.90 Å². The van der Waals surface area contributed by atoms with Crippen LogP contribution in [-0.2, 0) is 5.41 Å². The van der Waals surface area contributed by atoms with Crippen LogP contribution >= 0.6 is 0 Å². The van der Waals surface area contributed by atoms with Gasteiger partial charge in [-0.25, -0.2) is 4.98 Å². The first-order valence-corrected chi connectivity index (χ1v) is 8.38. The summed E-state index contributed by atoms with van der Waals surface area (Å²) < 4.78 is 0. The predicted molar refractivity (Wildman–Crippen MR) is 89.1 cm³/mol. The van der Waals surface area contributed by atoms with Crippen molar-refractivity contribution in [1.29, 1.82) is 0 Å². The highest BCUT2D eigenvalue weighted by Crippen LogP contribution is 2.30. The van der Waals surface area contributed by atoms with Crippen LogP contribution in [0.3, 0.4) is 0 Å². The molecule has 0 spiro atoms. The van der Waals surface area contributed by atoms with E-state index in [-0.39, 0.29) is 5.41 Å². The van der Waals surface area contributed by atoms with Crippen molar-refractivity contribution in [3.8, 4) is 0 Å². The smallest absolute Gasteiger partial charge is 0.131 e. The highest BCUT2D eigenvalue weighted by molar-refractivity contribution is 5.48. The number of rotatable bonds is 3. The molecule has 21 heavy (non-hydrogen) atoms. The van der Waals surface area contributed by atoms with Crippen molar-refractivity contribution in [2.75, 3.05) is 37.6 Å². The zero-order valence-electron chi connectivity index (χ0n) is 14.0. The minimum absolute atomic E-state index is 0.180. The van der Waals surface area contributed by atoms with Crippen molar-refractivity contribution in [3.63, 3.8) is 0 Å². The van der Waals surface area contributed by atoms with Crippen molar-refractivity contribution in [3.05, 3.63) is 23.4 Å². The number of pyridine rings is 1. The predicted octanol–water partition coefficient (Wildman–Crippen LogP) is 3.22. The zero-order chi connectivity index (χ0) is 15.0. The van der Waals surface area contributed by atoms with Crippen molar-refractivity contribution in [2.45, 2.75) is 46.0 Å². The summed E-state index contributed by atoms with van der Waals surface area (Å²) >= 11 is 0. The van der Waals surface area contributed by atoms with Gasteiger partial charge in [0.2, 0.25) is 0 Å². The van der Waals surface area contributed by atoms with Gasteiger partial charge >= 0.3 is 0 Å². The SMILES string of the molecule is Cc1cc(C(C)(C)C)cnc1N1CCN(CC2CC2)CC1. The fraction of sp³-hybridized carbons (Fsp3) is 0.722. The maximum atomic E-state index is 4.77. The van der Waals surface area contributed by atoms with E-state index in [2.05, 4.69) is 49.8 Å². The minimum atomic E-state index is 0.180. The highest BCUT2D eigenvalue weighted by Gasteiger charge is 2.27. The number of aryl methyl sites for hydroxylation is 1. The molecule has 0 aromatic carbocycles. The molecule has 0 atom stereocenters. The van der Waals surface area contributed by atoms with E-state index in [0.717, 1.165) is 19.0 Å². The average molecular weight is 287 g/mol. The Bertz CT molecular complexity index is 492. The average Bonchev–Trinajstić information content (AvgIpc) is 3.23. The summed E-state index contributed by atoms with van der Waals surface area (Å²) in [6.45, 7) is 14.9. The Hall–Kier alpha value is -1.09. The topological polar surface area (TPSA) is 19.4 Å². The van der Waals surface area contributed by atoms with E-state index in [4.69, 9.17) is 4.98 Å². The van der Waals surface area contributed by atoms with Gasteiger partial charge in [0, 0.05) is 38.9 Å². The van der Waals surface area contributed by atoms with Crippen molar-refractivity contribution in [2.24, 2.45) is 5.92 Å². The Kier molecular flexibility index (Phi) is 3.96. The van der Waals surface area contributed by atoms with Crippen molar-refractivity contribution < 1.29 is 0 Å². The van der Waals surface area contributed by atoms with Gasteiger partial charge in [0.25, 0.3) is 0 Å².